The first-order valence-corrected chi connectivity index (χ1v) is 9.52. The molecule has 0 atom stereocenters. The van der Waals surface area contributed by atoms with Gasteiger partial charge in [0.1, 0.15) is 9.71 Å². The van der Waals surface area contributed by atoms with E-state index in [1.807, 2.05) is 12.1 Å². The molecule has 1 N–H and O–H groups in total. The highest BCUT2D eigenvalue weighted by atomic mass is 32.2. The van der Waals surface area contributed by atoms with Crippen molar-refractivity contribution in [3.8, 4) is 0 Å². The second-order valence-electron chi connectivity index (χ2n) is 6.63. The number of aromatic nitrogens is 1. The average Bonchev–Trinajstić information content (AvgIpc) is 2.97. The lowest BCUT2D eigenvalue weighted by Gasteiger charge is -2.19. The molecular weight excluding hydrogens is 352 g/mol. The maximum Gasteiger partial charge on any atom is 0.350 e. The molecule has 1 aromatic carbocycles. The predicted octanol–water partition coefficient (Wildman–Crippen LogP) is 5.50. The van der Waals surface area contributed by atoms with Gasteiger partial charge in [-0.3, -0.25) is 0 Å². The largest absolute Gasteiger partial charge is 0.465 e. The van der Waals surface area contributed by atoms with Crippen molar-refractivity contribution in [1.82, 2.24) is 4.98 Å². The summed E-state index contributed by atoms with van der Waals surface area (Å²) in [6.07, 6.45) is 1.72. The van der Waals surface area contributed by atoms with E-state index in [4.69, 9.17) is 4.74 Å². The lowest BCUT2D eigenvalue weighted by atomic mass is 9.87. The van der Waals surface area contributed by atoms with Gasteiger partial charge in [0.05, 0.1) is 12.8 Å². The number of benzene rings is 1. The Morgan fingerprint density at radius 1 is 1.20 bits per heavy atom. The van der Waals surface area contributed by atoms with Gasteiger partial charge in [0.2, 0.25) is 0 Å². The van der Waals surface area contributed by atoms with Gasteiger partial charge in [0.15, 0.2) is 0 Å². The van der Waals surface area contributed by atoms with Crippen molar-refractivity contribution in [2.75, 3.05) is 11.8 Å². The first-order valence-electron chi connectivity index (χ1n) is 7.89. The van der Waals surface area contributed by atoms with Crippen molar-refractivity contribution in [3.63, 3.8) is 0 Å². The van der Waals surface area contributed by atoms with Crippen LogP contribution in [0.5, 0.6) is 0 Å². The van der Waals surface area contributed by atoms with E-state index in [-0.39, 0.29) is 11.4 Å². The van der Waals surface area contributed by atoms with Crippen LogP contribution in [-0.4, -0.2) is 18.1 Å². The SMILES string of the molecule is COC(=O)c1sc2ncccc2c1NSc1ccc(C(C)(C)C)cc1. The number of thiophene rings is 1. The average molecular weight is 373 g/mol. The normalized spacial score (nSPS) is 11.5. The first-order chi connectivity index (χ1) is 11.9. The number of nitrogens with one attached hydrogen (secondary N) is 1. The Balaban J connectivity index is 1.86. The number of anilines is 1. The number of carbonyl (C=O) groups is 1. The number of nitrogens with zero attached hydrogens (tertiary/aromatic N) is 1. The number of pyridine rings is 1. The van der Waals surface area contributed by atoms with Crippen molar-refractivity contribution >= 4 is 45.2 Å². The van der Waals surface area contributed by atoms with Crippen molar-refractivity contribution in [3.05, 3.63) is 53.0 Å². The second kappa shape index (κ2) is 7.06. The van der Waals surface area contributed by atoms with Crippen LogP contribution in [0.4, 0.5) is 5.69 Å². The van der Waals surface area contributed by atoms with Crippen LogP contribution in [0.25, 0.3) is 10.2 Å². The van der Waals surface area contributed by atoms with E-state index in [9.17, 15) is 4.79 Å². The molecule has 4 nitrogen and oxygen atoms in total. The fraction of sp³-hybridized carbons (Fsp3) is 0.263. The Bertz CT molecular complexity index is 896. The monoisotopic (exact) mass is 372 g/mol. The van der Waals surface area contributed by atoms with E-state index in [2.05, 4.69) is 54.7 Å². The molecule has 0 saturated heterocycles. The van der Waals surface area contributed by atoms with Crippen molar-refractivity contribution in [2.45, 2.75) is 31.1 Å². The zero-order chi connectivity index (χ0) is 18.0. The van der Waals surface area contributed by atoms with E-state index < -0.39 is 0 Å². The first kappa shape index (κ1) is 17.8. The highest BCUT2D eigenvalue weighted by Gasteiger charge is 2.20. The van der Waals surface area contributed by atoms with Gasteiger partial charge in [-0.15, -0.1) is 11.3 Å². The third-order valence-electron chi connectivity index (χ3n) is 3.83. The molecule has 0 aliphatic carbocycles. The predicted molar refractivity (Wildman–Crippen MR) is 106 cm³/mol. The minimum atomic E-state index is -0.353. The molecule has 0 radical (unpaired) electrons. The van der Waals surface area contributed by atoms with Crippen LogP contribution in [-0.2, 0) is 10.2 Å². The number of methoxy groups -OCH3 is 1. The summed E-state index contributed by atoms with van der Waals surface area (Å²) >= 11 is 2.81. The molecule has 0 saturated carbocycles. The molecule has 130 valence electrons. The van der Waals surface area contributed by atoms with E-state index in [1.54, 1.807) is 6.20 Å². The minimum absolute atomic E-state index is 0.129. The van der Waals surface area contributed by atoms with Crippen LogP contribution in [0.1, 0.15) is 36.0 Å². The summed E-state index contributed by atoms with van der Waals surface area (Å²) in [4.78, 5) is 18.8. The van der Waals surface area contributed by atoms with E-state index >= 15 is 0 Å². The molecule has 0 aliphatic heterocycles. The Morgan fingerprint density at radius 2 is 1.92 bits per heavy atom. The maximum absolute atomic E-state index is 12.1. The van der Waals surface area contributed by atoms with Crippen LogP contribution in [0.15, 0.2) is 47.5 Å². The fourth-order valence-electron chi connectivity index (χ4n) is 2.40. The van der Waals surface area contributed by atoms with Gasteiger partial charge in [-0.25, -0.2) is 9.78 Å². The maximum atomic E-state index is 12.1. The fourth-order valence-corrected chi connectivity index (χ4v) is 4.19. The summed E-state index contributed by atoms with van der Waals surface area (Å²) in [5.74, 6) is -0.353. The Kier molecular flexibility index (Phi) is 5.01. The van der Waals surface area contributed by atoms with Crippen molar-refractivity contribution < 1.29 is 9.53 Å². The highest BCUT2D eigenvalue weighted by Crippen LogP contribution is 2.37. The van der Waals surface area contributed by atoms with Gasteiger partial charge in [0.25, 0.3) is 0 Å². The van der Waals surface area contributed by atoms with Crippen LogP contribution < -0.4 is 4.72 Å². The molecule has 3 aromatic rings. The number of fused-ring (bicyclic) bond motifs is 1. The number of hydrogen-bond acceptors (Lipinski definition) is 6. The van der Waals surface area contributed by atoms with Gasteiger partial charge in [-0.1, -0.05) is 32.9 Å². The standard InChI is InChI=1S/C19H20N2O2S2/c1-19(2,3)12-7-9-13(10-8-12)25-21-15-14-6-5-11-20-17(14)24-16(15)18(22)23-4/h5-11,21H,1-4H3. The molecule has 0 amide bonds. The molecule has 2 aromatic heterocycles. The minimum Gasteiger partial charge on any atom is -0.465 e. The van der Waals surface area contributed by atoms with Crippen LogP contribution in [0.3, 0.4) is 0 Å². The number of hydrogen-bond donors (Lipinski definition) is 1. The summed E-state index contributed by atoms with van der Waals surface area (Å²) in [5.41, 5.74) is 2.17. The van der Waals surface area contributed by atoms with Gasteiger partial charge in [-0.05, 0) is 47.2 Å². The lowest BCUT2D eigenvalue weighted by Crippen LogP contribution is -2.10. The van der Waals surface area contributed by atoms with Crippen LogP contribution in [0, 0.1) is 0 Å². The van der Waals surface area contributed by atoms with Gasteiger partial charge >= 0.3 is 5.97 Å². The van der Waals surface area contributed by atoms with Crippen molar-refractivity contribution in [2.24, 2.45) is 0 Å². The molecule has 0 spiro atoms. The Labute approximate surface area is 155 Å². The third-order valence-corrected chi connectivity index (χ3v) is 5.74. The zero-order valence-electron chi connectivity index (χ0n) is 14.6. The molecular formula is C19H20N2O2S2. The Morgan fingerprint density at radius 3 is 2.56 bits per heavy atom. The Hall–Kier alpha value is -2.05. The molecule has 2 heterocycles. The third kappa shape index (κ3) is 3.80. The van der Waals surface area contributed by atoms with Gasteiger partial charge in [0, 0.05) is 16.5 Å². The second-order valence-corrected chi connectivity index (χ2v) is 8.51. The lowest BCUT2D eigenvalue weighted by molar-refractivity contribution is 0.0607. The highest BCUT2D eigenvalue weighted by molar-refractivity contribution is 8.00. The van der Waals surface area contributed by atoms with Crippen LogP contribution >= 0.6 is 23.3 Å². The molecule has 25 heavy (non-hydrogen) atoms. The summed E-state index contributed by atoms with van der Waals surface area (Å²) in [6.45, 7) is 6.58. The number of carbonyl (C=O) groups excluding carboxylic acids is 1. The summed E-state index contributed by atoms with van der Waals surface area (Å²) in [5, 5.41) is 0.923. The molecule has 3 rings (SSSR count). The topological polar surface area (TPSA) is 51.2 Å². The zero-order valence-corrected chi connectivity index (χ0v) is 16.3. The molecule has 6 heteroatoms. The number of esters is 1. The molecule has 0 aliphatic rings. The van der Waals surface area contributed by atoms with E-state index in [0.717, 1.165) is 20.8 Å². The smallest absolute Gasteiger partial charge is 0.350 e. The number of rotatable bonds is 4. The van der Waals surface area contributed by atoms with Gasteiger partial charge in [-0.2, -0.15) is 0 Å². The molecule has 0 bridgehead atoms. The molecule has 0 fully saturated rings. The summed E-state index contributed by atoms with van der Waals surface area (Å²) in [7, 11) is 1.39. The quantitative estimate of drug-likeness (QED) is 0.484. The van der Waals surface area contributed by atoms with E-state index in [1.165, 1.54) is 36.0 Å². The van der Waals surface area contributed by atoms with Crippen molar-refractivity contribution in [1.29, 1.82) is 0 Å². The van der Waals surface area contributed by atoms with Gasteiger partial charge < -0.3 is 9.46 Å². The summed E-state index contributed by atoms with van der Waals surface area (Å²) in [6, 6.07) is 12.3. The molecule has 0 unspecified atom stereocenters. The summed E-state index contributed by atoms with van der Waals surface area (Å²) < 4.78 is 8.22. The van der Waals surface area contributed by atoms with E-state index in [0.29, 0.717) is 4.88 Å². The van der Waals surface area contributed by atoms with Crippen LogP contribution in [0.2, 0.25) is 0 Å². The number of ether oxygens (including phenoxy) is 1.